The van der Waals surface area contributed by atoms with Crippen LogP contribution in [-0.2, 0) is 14.3 Å². The van der Waals surface area contributed by atoms with Gasteiger partial charge in [-0.3, -0.25) is 5.21 Å². The molecule has 9 nitrogen and oxygen atoms in total. The Bertz CT molecular complexity index is 830. The minimum Gasteiger partial charge on any atom is -0.479 e. The molecule has 3 unspecified atom stereocenters. The quantitative estimate of drug-likeness (QED) is 0.358. The van der Waals surface area contributed by atoms with Crippen molar-refractivity contribution < 1.29 is 39.9 Å². The van der Waals surface area contributed by atoms with E-state index >= 15 is 0 Å². The molecule has 9 heteroatoms. The molecular formula is C23H33NO8. The molecule has 2 heterocycles. The van der Waals surface area contributed by atoms with Gasteiger partial charge < -0.3 is 29.9 Å². The SMILES string of the molecule is CCCCCCCC1(C)C=C(O[C@@H]2OC(C(=O)O)[C@H](O)[C@@H](O)C2O)c2ccccc2N1O. The standard InChI is InChI=1S/C23H33NO8/c1-3-4-5-6-9-12-23(2)13-16(14-10-7-8-11-15(14)24(23)30)31-22-19(27)17(25)18(26)20(32-22)21(28)29/h7-8,10-11,13,17-20,22,25-27,30H,3-6,9,12H2,1-2H3,(H,28,29)/t17-,18-,19?,20?,22-,23?/m1/s1. The number of aliphatic carboxylic acids is 1. The zero-order valence-corrected chi connectivity index (χ0v) is 18.4. The smallest absolute Gasteiger partial charge is 0.335 e. The highest BCUT2D eigenvalue weighted by Gasteiger charge is 2.49. The van der Waals surface area contributed by atoms with E-state index in [-0.39, 0.29) is 0 Å². The van der Waals surface area contributed by atoms with E-state index in [2.05, 4.69) is 6.92 Å². The number of aliphatic hydroxyl groups excluding tert-OH is 3. The number of unbranched alkanes of at least 4 members (excludes halogenated alkanes) is 4. The number of fused-ring (bicyclic) bond motifs is 1. The molecule has 2 aliphatic heterocycles. The number of carboxylic acids is 1. The Balaban J connectivity index is 1.86. The largest absolute Gasteiger partial charge is 0.479 e. The lowest BCUT2D eigenvalue weighted by Crippen LogP contribution is -2.60. The molecule has 6 atom stereocenters. The Morgan fingerprint density at radius 3 is 2.47 bits per heavy atom. The second-order valence-electron chi connectivity index (χ2n) is 8.71. The summed E-state index contributed by atoms with van der Waals surface area (Å²) in [6, 6.07) is 6.99. The van der Waals surface area contributed by atoms with E-state index in [1.165, 1.54) is 5.06 Å². The third-order valence-corrected chi connectivity index (χ3v) is 6.17. The molecule has 0 aromatic heterocycles. The lowest BCUT2D eigenvalue weighted by atomic mass is 9.87. The fraction of sp³-hybridized carbons (Fsp3) is 0.609. The number of hydrogen-bond donors (Lipinski definition) is 5. The molecular weight excluding hydrogens is 418 g/mol. The van der Waals surface area contributed by atoms with Gasteiger partial charge in [0.05, 0.1) is 11.2 Å². The van der Waals surface area contributed by atoms with Crippen LogP contribution in [0.3, 0.4) is 0 Å². The zero-order chi connectivity index (χ0) is 23.5. The van der Waals surface area contributed by atoms with Crippen molar-refractivity contribution in [3.8, 4) is 0 Å². The highest BCUT2D eigenvalue weighted by atomic mass is 16.7. The van der Waals surface area contributed by atoms with Crippen molar-refractivity contribution in [2.75, 3.05) is 5.06 Å². The zero-order valence-electron chi connectivity index (χ0n) is 18.4. The summed E-state index contributed by atoms with van der Waals surface area (Å²) >= 11 is 0. The van der Waals surface area contributed by atoms with Crippen molar-refractivity contribution in [3.63, 3.8) is 0 Å². The second-order valence-corrected chi connectivity index (χ2v) is 8.71. The molecule has 1 saturated heterocycles. The number of hydrogen-bond acceptors (Lipinski definition) is 8. The first-order valence-corrected chi connectivity index (χ1v) is 11.1. The van der Waals surface area contributed by atoms with Gasteiger partial charge in [-0.15, -0.1) is 0 Å². The summed E-state index contributed by atoms with van der Waals surface area (Å²) in [6.45, 7) is 4.01. The maximum Gasteiger partial charge on any atom is 0.335 e. The third kappa shape index (κ3) is 4.92. The van der Waals surface area contributed by atoms with Crippen LogP contribution < -0.4 is 5.06 Å². The van der Waals surface area contributed by atoms with Crippen LogP contribution in [0.25, 0.3) is 5.76 Å². The number of carboxylic acid groups (broad SMARTS) is 1. The Morgan fingerprint density at radius 1 is 1.09 bits per heavy atom. The monoisotopic (exact) mass is 451 g/mol. The molecule has 5 N–H and O–H groups in total. The third-order valence-electron chi connectivity index (χ3n) is 6.17. The summed E-state index contributed by atoms with van der Waals surface area (Å²) < 4.78 is 11.2. The van der Waals surface area contributed by atoms with Crippen molar-refractivity contribution in [1.29, 1.82) is 0 Å². The van der Waals surface area contributed by atoms with Crippen molar-refractivity contribution in [3.05, 3.63) is 35.9 Å². The molecule has 0 spiro atoms. The predicted molar refractivity (Wildman–Crippen MR) is 116 cm³/mol. The van der Waals surface area contributed by atoms with Crippen molar-refractivity contribution >= 4 is 17.4 Å². The molecule has 0 amide bonds. The van der Waals surface area contributed by atoms with Crippen LogP contribution >= 0.6 is 0 Å². The fourth-order valence-corrected chi connectivity index (χ4v) is 4.20. The van der Waals surface area contributed by atoms with Gasteiger partial charge in [0.15, 0.2) is 6.10 Å². The van der Waals surface area contributed by atoms with E-state index in [9.17, 15) is 30.4 Å². The van der Waals surface area contributed by atoms with Crippen molar-refractivity contribution in [2.24, 2.45) is 0 Å². The normalized spacial score (nSPS) is 32.2. The first-order valence-electron chi connectivity index (χ1n) is 11.1. The van der Waals surface area contributed by atoms with Crippen LogP contribution in [0.5, 0.6) is 0 Å². The summed E-state index contributed by atoms with van der Waals surface area (Å²) in [5.41, 5.74) is 0.225. The van der Waals surface area contributed by atoms with Gasteiger partial charge in [0, 0.05) is 5.56 Å². The van der Waals surface area contributed by atoms with Crippen LogP contribution in [0.1, 0.15) is 57.9 Å². The lowest BCUT2D eigenvalue weighted by molar-refractivity contribution is -0.277. The van der Waals surface area contributed by atoms with Gasteiger partial charge in [0.2, 0.25) is 6.29 Å². The summed E-state index contributed by atoms with van der Waals surface area (Å²) in [5, 5.41) is 51.8. The van der Waals surface area contributed by atoms with E-state index in [0.29, 0.717) is 23.4 Å². The molecule has 3 rings (SSSR count). The number of hydroxylamine groups is 1. The minimum atomic E-state index is -1.80. The Hall–Kier alpha value is -2.17. The van der Waals surface area contributed by atoms with E-state index < -0.39 is 42.2 Å². The number of ether oxygens (including phenoxy) is 2. The molecule has 0 saturated carbocycles. The van der Waals surface area contributed by atoms with Crippen LogP contribution in [-0.4, -0.2) is 67.8 Å². The molecule has 2 aliphatic rings. The molecule has 1 aromatic rings. The Kier molecular flexibility index (Phi) is 7.79. The molecule has 32 heavy (non-hydrogen) atoms. The van der Waals surface area contributed by atoms with Crippen LogP contribution in [0, 0.1) is 0 Å². The number of aliphatic hydroxyl groups is 3. The number of carbonyl (C=O) groups is 1. The van der Waals surface area contributed by atoms with Gasteiger partial charge in [0.25, 0.3) is 0 Å². The number of para-hydroxylation sites is 1. The maximum atomic E-state index is 11.4. The van der Waals surface area contributed by atoms with Crippen LogP contribution in [0.15, 0.2) is 30.3 Å². The van der Waals surface area contributed by atoms with E-state index in [1.807, 2.05) is 6.92 Å². The van der Waals surface area contributed by atoms with Crippen LogP contribution in [0.2, 0.25) is 0 Å². The number of nitrogens with zero attached hydrogens (tertiary/aromatic N) is 1. The Morgan fingerprint density at radius 2 is 1.78 bits per heavy atom. The first kappa shape index (κ1) is 24.5. The minimum absolute atomic E-state index is 0.290. The summed E-state index contributed by atoms with van der Waals surface area (Å²) in [6.07, 6.45) is -0.818. The van der Waals surface area contributed by atoms with E-state index in [0.717, 1.165) is 32.1 Å². The first-order chi connectivity index (χ1) is 15.2. The van der Waals surface area contributed by atoms with Gasteiger partial charge in [-0.25, -0.2) is 9.86 Å². The van der Waals surface area contributed by atoms with E-state index in [1.54, 1.807) is 30.3 Å². The summed E-state index contributed by atoms with van der Waals surface area (Å²) in [7, 11) is 0. The molecule has 0 bridgehead atoms. The number of anilines is 1. The molecule has 0 radical (unpaired) electrons. The van der Waals surface area contributed by atoms with E-state index in [4.69, 9.17) is 9.47 Å². The summed E-state index contributed by atoms with van der Waals surface area (Å²) in [5.74, 6) is -1.19. The van der Waals surface area contributed by atoms with Gasteiger partial charge in [-0.1, -0.05) is 51.2 Å². The van der Waals surface area contributed by atoms with Crippen molar-refractivity contribution in [1.82, 2.24) is 0 Å². The van der Waals surface area contributed by atoms with Gasteiger partial charge >= 0.3 is 5.97 Å². The highest BCUT2D eigenvalue weighted by molar-refractivity contribution is 5.78. The van der Waals surface area contributed by atoms with Crippen molar-refractivity contribution in [2.45, 2.75) is 88.6 Å². The predicted octanol–water partition coefficient (Wildman–Crippen LogP) is 2.26. The number of benzene rings is 1. The molecule has 0 aliphatic carbocycles. The van der Waals surface area contributed by atoms with Gasteiger partial charge in [-0.2, -0.15) is 0 Å². The molecule has 1 aromatic carbocycles. The van der Waals surface area contributed by atoms with Gasteiger partial charge in [-0.05, 0) is 31.6 Å². The summed E-state index contributed by atoms with van der Waals surface area (Å²) in [4.78, 5) is 11.4. The van der Waals surface area contributed by atoms with Crippen LogP contribution in [0.4, 0.5) is 5.69 Å². The lowest BCUT2D eigenvalue weighted by Gasteiger charge is -2.43. The molecule has 178 valence electrons. The number of rotatable bonds is 9. The second kappa shape index (κ2) is 10.2. The fourth-order valence-electron chi connectivity index (χ4n) is 4.20. The topological polar surface area (TPSA) is 140 Å². The highest BCUT2D eigenvalue weighted by Crippen LogP contribution is 2.41. The average molecular weight is 452 g/mol. The maximum absolute atomic E-state index is 11.4. The van der Waals surface area contributed by atoms with Gasteiger partial charge in [0.1, 0.15) is 24.1 Å². The average Bonchev–Trinajstić information content (AvgIpc) is 2.77. The Labute approximate surface area is 187 Å². The molecule has 1 fully saturated rings.